The largest absolute Gasteiger partial charge is 0.394 e. The van der Waals surface area contributed by atoms with Crippen LogP contribution in [0.2, 0.25) is 18.6 Å². The summed E-state index contributed by atoms with van der Waals surface area (Å²) in [6.07, 6.45) is -0.166. The van der Waals surface area contributed by atoms with Gasteiger partial charge in [0.25, 0.3) is 5.91 Å². The molecule has 1 saturated heterocycles. The minimum atomic E-state index is -3.32. The van der Waals surface area contributed by atoms with Crippen LogP contribution in [0, 0.1) is 5.92 Å². The number of aliphatic hydroxyl groups is 1. The van der Waals surface area contributed by atoms with Gasteiger partial charge < -0.3 is 24.2 Å². The van der Waals surface area contributed by atoms with Crippen molar-refractivity contribution in [3.05, 3.63) is 65.2 Å². The molecule has 8 heteroatoms. The first kappa shape index (κ1) is 23.2. The standard InChI is InChI=1S/C26H31FN2O4Si/c1-16-24(34(2,3)27)22(33-26(16)20-10-6-7-11-21(20)28-25(26)32)13-23(31)29-14-18-9-5-4-8-17(18)12-19(29)15-30/h4-11,16,19,22,24,30H,12-15H2,1-3H3,(H,28,32)/t16-,19-,22+,24-,26+/m0/s1. The van der Waals surface area contributed by atoms with E-state index in [-0.39, 0.29) is 30.9 Å². The van der Waals surface area contributed by atoms with Crippen LogP contribution in [0.5, 0.6) is 0 Å². The second kappa shape index (κ2) is 8.29. The van der Waals surface area contributed by atoms with Crippen molar-refractivity contribution in [1.82, 2.24) is 4.90 Å². The number of para-hydroxylation sites is 1. The van der Waals surface area contributed by atoms with Crippen LogP contribution in [-0.4, -0.2) is 49.0 Å². The second-order valence-electron chi connectivity index (χ2n) is 10.3. The summed E-state index contributed by atoms with van der Waals surface area (Å²) in [4.78, 5) is 28.5. The zero-order valence-corrected chi connectivity index (χ0v) is 20.8. The van der Waals surface area contributed by atoms with Gasteiger partial charge in [0.15, 0.2) is 5.60 Å². The number of carbonyl (C=O) groups excluding carboxylic acids is 2. The van der Waals surface area contributed by atoms with E-state index in [0.29, 0.717) is 24.2 Å². The number of hydrogen-bond acceptors (Lipinski definition) is 4. The lowest BCUT2D eigenvalue weighted by Gasteiger charge is -2.37. The number of halogens is 1. The molecule has 180 valence electrons. The highest BCUT2D eigenvalue weighted by atomic mass is 28.4. The van der Waals surface area contributed by atoms with Gasteiger partial charge in [-0.05, 0) is 36.7 Å². The number of fused-ring (bicyclic) bond motifs is 3. The predicted octanol–water partition coefficient (Wildman–Crippen LogP) is 3.75. The van der Waals surface area contributed by atoms with Crippen LogP contribution in [0.15, 0.2) is 48.5 Å². The Kier molecular flexibility index (Phi) is 5.65. The zero-order valence-electron chi connectivity index (χ0n) is 19.8. The molecule has 2 aromatic carbocycles. The number of ether oxygens (including phenoxy) is 1. The van der Waals surface area contributed by atoms with Gasteiger partial charge in [0.1, 0.15) is 0 Å². The number of aliphatic hydroxyl groups excluding tert-OH is 1. The van der Waals surface area contributed by atoms with E-state index in [1.165, 1.54) is 0 Å². The van der Waals surface area contributed by atoms with Crippen LogP contribution < -0.4 is 5.32 Å². The van der Waals surface area contributed by atoms with Gasteiger partial charge in [-0.3, -0.25) is 9.59 Å². The highest BCUT2D eigenvalue weighted by molar-refractivity contribution is 6.72. The van der Waals surface area contributed by atoms with E-state index in [9.17, 15) is 14.7 Å². The minimum Gasteiger partial charge on any atom is -0.394 e. The highest BCUT2D eigenvalue weighted by Gasteiger charge is 2.65. The van der Waals surface area contributed by atoms with E-state index in [1.54, 1.807) is 18.0 Å². The number of rotatable bonds is 4. The number of hydrogen-bond donors (Lipinski definition) is 2. The number of nitrogens with zero attached hydrogens (tertiary/aromatic N) is 1. The van der Waals surface area contributed by atoms with E-state index in [4.69, 9.17) is 4.74 Å². The first-order valence-electron chi connectivity index (χ1n) is 11.9. The van der Waals surface area contributed by atoms with Crippen molar-refractivity contribution in [2.24, 2.45) is 5.92 Å². The maximum atomic E-state index is 15.7. The Labute approximate surface area is 200 Å². The van der Waals surface area contributed by atoms with Crippen LogP contribution in [0.3, 0.4) is 0 Å². The van der Waals surface area contributed by atoms with Gasteiger partial charge in [-0.1, -0.05) is 49.4 Å². The normalized spacial score (nSPS) is 30.3. The highest BCUT2D eigenvalue weighted by Crippen LogP contribution is 2.58. The van der Waals surface area contributed by atoms with Crippen molar-refractivity contribution in [3.63, 3.8) is 0 Å². The number of carbonyl (C=O) groups is 2. The fraction of sp³-hybridized carbons (Fsp3) is 0.462. The molecule has 34 heavy (non-hydrogen) atoms. The lowest BCUT2D eigenvalue weighted by atomic mass is 9.82. The Morgan fingerprint density at radius 1 is 1.21 bits per heavy atom. The quantitative estimate of drug-likeness (QED) is 0.514. The summed E-state index contributed by atoms with van der Waals surface area (Å²) in [6.45, 7) is 5.38. The molecule has 3 heterocycles. The van der Waals surface area contributed by atoms with Crippen LogP contribution in [-0.2, 0) is 32.9 Å². The minimum absolute atomic E-state index is 0.0226. The molecule has 3 aliphatic heterocycles. The third kappa shape index (κ3) is 3.51. The summed E-state index contributed by atoms with van der Waals surface area (Å²) in [7, 11) is -3.32. The SMILES string of the molecule is C[C@H]1[C@H]([Si](C)(C)F)[C@@H](CC(=O)N2Cc3ccccc3C[C@H]2CO)O[C@]12C(=O)Nc1ccccc12. The molecule has 6 nitrogen and oxygen atoms in total. The summed E-state index contributed by atoms with van der Waals surface area (Å²) in [5, 5.41) is 12.9. The summed E-state index contributed by atoms with van der Waals surface area (Å²) in [5.74, 6) is -0.895. The van der Waals surface area contributed by atoms with Crippen LogP contribution in [0.1, 0.15) is 30.0 Å². The van der Waals surface area contributed by atoms with Gasteiger partial charge in [0, 0.05) is 29.3 Å². The fourth-order valence-corrected chi connectivity index (χ4v) is 8.85. The smallest absolute Gasteiger partial charge is 0.261 e. The third-order valence-corrected chi connectivity index (χ3v) is 10.3. The number of anilines is 1. The molecule has 0 aromatic heterocycles. The van der Waals surface area contributed by atoms with E-state index < -0.39 is 31.6 Å². The molecule has 5 atom stereocenters. The maximum absolute atomic E-state index is 15.7. The van der Waals surface area contributed by atoms with E-state index in [2.05, 4.69) is 5.32 Å². The molecule has 2 aromatic rings. The van der Waals surface area contributed by atoms with Crippen molar-refractivity contribution < 1.29 is 23.5 Å². The average Bonchev–Trinajstić information content (AvgIpc) is 3.26. The van der Waals surface area contributed by atoms with E-state index in [0.717, 1.165) is 11.1 Å². The van der Waals surface area contributed by atoms with Gasteiger partial charge in [0.2, 0.25) is 14.3 Å². The Bertz CT molecular complexity index is 1140. The molecule has 5 rings (SSSR count). The van der Waals surface area contributed by atoms with Crippen LogP contribution >= 0.6 is 0 Å². The van der Waals surface area contributed by atoms with Crippen molar-refractivity contribution in [1.29, 1.82) is 0 Å². The number of benzene rings is 2. The lowest BCUT2D eigenvalue weighted by molar-refractivity contribution is -0.149. The van der Waals surface area contributed by atoms with Crippen LogP contribution in [0.25, 0.3) is 0 Å². The Morgan fingerprint density at radius 2 is 1.88 bits per heavy atom. The Balaban J connectivity index is 1.46. The molecule has 2 amide bonds. The fourth-order valence-electron chi connectivity index (χ4n) is 6.35. The summed E-state index contributed by atoms with van der Waals surface area (Å²) in [6, 6.07) is 14.9. The molecular weight excluding hydrogens is 451 g/mol. The Hall–Kier alpha value is -2.55. The van der Waals surface area contributed by atoms with Gasteiger partial charge in [-0.15, -0.1) is 0 Å². The van der Waals surface area contributed by atoms with E-state index >= 15 is 4.11 Å². The topological polar surface area (TPSA) is 78.9 Å². The van der Waals surface area contributed by atoms with Crippen molar-refractivity contribution in [2.75, 3.05) is 11.9 Å². The first-order chi connectivity index (χ1) is 16.2. The van der Waals surface area contributed by atoms with Gasteiger partial charge in [0.05, 0.1) is 25.2 Å². The van der Waals surface area contributed by atoms with Gasteiger partial charge >= 0.3 is 0 Å². The predicted molar refractivity (Wildman–Crippen MR) is 129 cm³/mol. The average molecular weight is 483 g/mol. The molecular formula is C26H31FN2O4Si. The molecule has 0 aliphatic carbocycles. The zero-order chi connectivity index (χ0) is 24.3. The summed E-state index contributed by atoms with van der Waals surface area (Å²) < 4.78 is 22.2. The first-order valence-corrected chi connectivity index (χ1v) is 14.9. The van der Waals surface area contributed by atoms with Gasteiger partial charge in [-0.25, -0.2) is 0 Å². The molecule has 0 unspecified atom stereocenters. The second-order valence-corrected chi connectivity index (χ2v) is 14.1. The Morgan fingerprint density at radius 3 is 2.59 bits per heavy atom. The lowest BCUT2D eigenvalue weighted by Crippen LogP contribution is -2.48. The summed E-state index contributed by atoms with van der Waals surface area (Å²) >= 11 is 0. The molecule has 0 bridgehead atoms. The van der Waals surface area contributed by atoms with Crippen molar-refractivity contribution in [3.8, 4) is 0 Å². The molecule has 0 saturated carbocycles. The number of nitrogens with one attached hydrogen (secondary N) is 1. The monoisotopic (exact) mass is 482 g/mol. The van der Waals surface area contributed by atoms with E-state index in [1.807, 2.05) is 55.5 Å². The van der Waals surface area contributed by atoms with Crippen molar-refractivity contribution >= 4 is 25.9 Å². The third-order valence-electron chi connectivity index (χ3n) is 7.89. The van der Waals surface area contributed by atoms with Crippen LogP contribution in [0.4, 0.5) is 9.80 Å². The van der Waals surface area contributed by atoms with Gasteiger partial charge in [-0.2, -0.15) is 0 Å². The molecule has 2 N–H and O–H groups in total. The molecule has 0 radical (unpaired) electrons. The maximum Gasteiger partial charge on any atom is 0.261 e. The molecule has 1 fully saturated rings. The van der Waals surface area contributed by atoms with Crippen molar-refractivity contribution in [2.45, 2.75) is 62.7 Å². The summed E-state index contributed by atoms with van der Waals surface area (Å²) in [5.41, 5.74) is 1.75. The molecule has 3 aliphatic rings. The molecule has 1 spiro atoms. The number of amides is 2.